The van der Waals surface area contributed by atoms with Crippen molar-refractivity contribution in [1.29, 1.82) is 0 Å². The molecule has 4 aromatic rings. The second kappa shape index (κ2) is 7.40. The summed E-state index contributed by atoms with van der Waals surface area (Å²) in [6, 6.07) is 13.9. The fourth-order valence-corrected chi connectivity index (χ4v) is 6.61. The van der Waals surface area contributed by atoms with E-state index >= 15 is 0 Å². The highest BCUT2D eigenvalue weighted by Crippen LogP contribution is 2.58. The average Bonchev–Trinajstić information content (AvgIpc) is 3.81. The van der Waals surface area contributed by atoms with Crippen LogP contribution in [0.1, 0.15) is 57.1 Å². The molecular formula is C28H31N7O2. The first-order chi connectivity index (χ1) is 17.9. The first kappa shape index (κ1) is 21.8. The molecule has 0 amide bonds. The number of ether oxygens (including phenoxy) is 1. The number of hydrogen-bond acceptors (Lipinski definition) is 7. The van der Waals surface area contributed by atoms with Crippen LogP contribution in [-0.4, -0.2) is 53.5 Å². The van der Waals surface area contributed by atoms with E-state index in [4.69, 9.17) is 10.5 Å². The SMILES string of the molecule is C[C@]1(O)C[C@](c2cccc(-c3cc(-c4ccnn4C4CC4)c4c(N)ncnn34)c2)(C2OC2NC2CC2)C1. The third-order valence-corrected chi connectivity index (χ3v) is 8.56. The van der Waals surface area contributed by atoms with Crippen LogP contribution >= 0.6 is 0 Å². The van der Waals surface area contributed by atoms with Crippen molar-refractivity contribution >= 4 is 11.3 Å². The van der Waals surface area contributed by atoms with Gasteiger partial charge in [-0.25, -0.2) is 9.50 Å². The molecule has 2 unspecified atom stereocenters. The van der Waals surface area contributed by atoms with Gasteiger partial charge in [-0.15, -0.1) is 0 Å². The lowest BCUT2D eigenvalue weighted by Gasteiger charge is -2.52. The highest BCUT2D eigenvalue weighted by molar-refractivity contribution is 5.91. The predicted octanol–water partition coefficient (Wildman–Crippen LogP) is 3.44. The maximum absolute atomic E-state index is 10.8. The van der Waals surface area contributed by atoms with Gasteiger partial charge in [0.2, 0.25) is 0 Å². The Bertz CT molecular complexity index is 1520. The van der Waals surface area contributed by atoms with E-state index in [1.165, 1.54) is 24.7 Å². The molecule has 3 aromatic heterocycles. The van der Waals surface area contributed by atoms with Gasteiger partial charge in [0.1, 0.15) is 24.2 Å². The van der Waals surface area contributed by atoms with Crippen LogP contribution in [0, 0.1) is 0 Å². The monoisotopic (exact) mass is 497 g/mol. The van der Waals surface area contributed by atoms with E-state index in [9.17, 15) is 5.11 Å². The summed E-state index contributed by atoms with van der Waals surface area (Å²) in [5.74, 6) is 0.447. The Morgan fingerprint density at radius 1 is 1.08 bits per heavy atom. The highest BCUT2D eigenvalue weighted by Gasteiger charge is 2.65. The summed E-state index contributed by atoms with van der Waals surface area (Å²) < 4.78 is 10.2. The van der Waals surface area contributed by atoms with Crippen LogP contribution in [0.5, 0.6) is 0 Å². The second-order valence-corrected chi connectivity index (χ2v) is 11.7. The number of rotatable bonds is 7. The number of aromatic nitrogens is 5. The molecule has 0 radical (unpaired) electrons. The molecule has 1 aliphatic heterocycles. The minimum absolute atomic E-state index is 0.0724. The minimum atomic E-state index is -0.677. The fraction of sp³-hybridized carbons (Fsp3) is 0.464. The number of fused-ring (bicyclic) bond motifs is 1. The largest absolute Gasteiger partial charge is 0.390 e. The van der Waals surface area contributed by atoms with E-state index in [2.05, 4.69) is 55.5 Å². The lowest BCUT2D eigenvalue weighted by molar-refractivity contribution is -0.0852. The lowest BCUT2D eigenvalue weighted by atomic mass is 9.55. The zero-order chi connectivity index (χ0) is 24.9. The maximum atomic E-state index is 10.8. The number of aliphatic hydroxyl groups is 1. The summed E-state index contributed by atoms with van der Waals surface area (Å²) in [5, 5.41) is 23.6. The van der Waals surface area contributed by atoms with E-state index < -0.39 is 5.60 Å². The van der Waals surface area contributed by atoms with Crippen molar-refractivity contribution in [3.05, 3.63) is 54.5 Å². The average molecular weight is 498 g/mol. The van der Waals surface area contributed by atoms with Crippen LogP contribution in [0.25, 0.3) is 28.0 Å². The number of anilines is 1. The molecule has 4 fully saturated rings. The zero-order valence-electron chi connectivity index (χ0n) is 20.8. The highest BCUT2D eigenvalue weighted by atomic mass is 16.6. The number of nitrogens with one attached hydrogen (secondary N) is 1. The minimum Gasteiger partial charge on any atom is -0.390 e. The molecule has 9 heteroatoms. The van der Waals surface area contributed by atoms with E-state index in [0.29, 0.717) is 30.7 Å². The fourth-order valence-electron chi connectivity index (χ4n) is 6.61. The van der Waals surface area contributed by atoms with Gasteiger partial charge in [0.15, 0.2) is 5.82 Å². The summed E-state index contributed by atoms with van der Waals surface area (Å²) in [6.45, 7) is 1.93. The van der Waals surface area contributed by atoms with Gasteiger partial charge in [-0.05, 0) is 69.2 Å². The third-order valence-electron chi connectivity index (χ3n) is 8.56. The molecule has 0 spiro atoms. The summed E-state index contributed by atoms with van der Waals surface area (Å²) in [7, 11) is 0. The van der Waals surface area contributed by atoms with Crippen LogP contribution in [0.2, 0.25) is 0 Å². The van der Waals surface area contributed by atoms with Crippen molar-refractivity contribution in [1.82, 2.24) is 29.7 Å². The Hall–Kier alpha value is -3.27. The molecule has 3 aliphatic carbocycles. The van der Waals surface area contributed by atoms with Gasteiger partial charge < -0.3 is 15.6 Å². The predicted molar refractivity (Wildman–Crippen MR) is 139 cm³/mol. The van der Waals surface area contributed by atoms with Crippen LogP contribution in [-0.2, 0) is 10.2 Å². The van der Waals surface area contributed by atoms with Crippen molar-refractivity contribution in [3.8, 4) is 22.5 Å². The van der Waals surface area contributed by atoms with Crippen molar-refractivity contribution in [3.63, 3.8) is 0 Å². The van der Waals surface area contributed by atoms with Crippen molar-refractivity contribution in [2.45, 2.75) is 80.9 Å². The molecule has 9 nitrogen and oxygen atoms in total. The van der Waals surface area contributed by atoms with Crippen LogP contribution < -0.4 is 11.1 Å². The molecule has 1 aromatic carbocycles. The summed E-state index contributed by atoms with van der Waals surface area (Å²) in [6.07, 6.45) is 9.62. The molecule has 190 valence electrons. The number of nitrogens with two attached hydrogens (primary N) is 1. The van der Waals surface area contributed by atoms with Gasteiger partial charge >= 0.3 is 0 Å². The summed E-state index contributed by atoms with van der Waals surface area (Å²) in [4.78, 5) is 4.30. The van der Waals surface area contributed by atoms with Crippen molar-refractivity contribution < 1.29 is 9.84 Å². The molecular weight excluding hydrogens is 466 g/mol. The van der Waals surface area contributed by atoms with Gasteiger partial charge in [0.25, 0.3) is 0 Å². The van der Waals surface area contributed by atoms with E-state index in [0.717, 1.165) is 40.9 Å². The Kier molecular flexibility index (Phi) is 4.36. The lowest BCUT2D eigenvalue weighted by Crippen LogP contribution is -2.57. The zero-order valence-corrected chi connectivity index (χ0v) is 20.8. The van der Waals surface area contributed by atoms with Crippen LogP contribution in [0.3, 0.4) is 0 Å². The summed E-state index contributed by atoms with van der Waals surface area (Å²) in [5.41, 5.74) is 11.6. The number of nitrogen functional groups attached to an aromatic ring is 1. The normalized spacial score (nSPS) is 31.0. The maximum Gasteiger partial charge on any atom is 0.152 e. The standard InChI is InChI=1S/C28H31N7O2/c1-27(36)13-28(14-27,24-26(37-24)33-18-5-6-18)17-4-2-3-16(11-17)22-12-20(23-25(29)30-15-32-35(22)23)21-9-10-31-34(21)19-7-8-19/h2-4,9-12,15,18-19,24,26,33,36H,5-8,13-14H2,1H3,(H2,29,30,32)/t24?,26?,27-,28-. The molecule has 4 aliphatic rings. The molecule has 37 heavy (non-hydrogen) atoms. The van der Waals surface area contributed by atoms with Gasteiger partial charge in [0, 0.05) is 28.8 Å². The van der Waals surface area contributed by atoms with Gasteiger partial charge in [-0.1, -0.05) is 18.2 Å². The smallest absolute Gasteiger partial charge is 0.152 e. The molecule has 3 saturated carbocycles. The topological polar surface area (TPSA) is 119 Å². The number of benzene rings is 1. The van der Waals surface area contributed by atoms with Gasteiger partial charge in [-0.3, -0.25) is 10.00 Å². The van der Waals surface area contributed by atoms with E-state index in [-0.39, 0.29) is 17.7 Å². The molecule has 2 atom stereocenters. The Balaban J connectivity index is 1.23. The van der Waals surface area contributed by atoms with Crippen molar-refractivity contribution in [2.24, 2.45) is 0 Å². The van der Waals surface area contributed by atoms with Crippen molar-refractivity contribution in [2.75, 3.05) is 5.73 Å². The van der Waals surface area contributed by atoms with E-state index in [1.54, 1.807) is 0 Å². The third kappa shape index (κ3) is 3.44. The number of epoxide rings is 1. The van der Waals surface area contributed by atoms with E-state index in [1.807, 2.05) is 23.7 Å². The number of hydrogen-bond donors (Lipinski definition) is 3. The number of nitrogens with zero attached hydrogens (tertiary/aromatic N) is 5. The Morgan fingerprint density at radius 3 is 2.68 bits per heavy atom. The summed E-state index contributed by atoms with van der Waals surface area (Å²) >= 11 is 0. The quantitative estimate of drug-likeness (QED) is 0.335. The Labute approximate surface area is 214 Å². The van der Waals surface area contributed by atoms with Crippen LogP contribution in [0.4, 0.5) is 5.82 Å². The second-order valence-electron chi connectivity index (χ2n) is 11.7. The molecule has 8 rings (SSSR count). The van der Waals surface area contributed by atoms with Gasteiger partial charge in [0.05, 0.1) is 23.0 Å². The molecule has 1 saturated heterocycles. The first-order valence-electron chi connectivity index (χ1n) is 13.3. The first-order valence-corrected chi connectivity index (χ1v) is 13.3. The molecule has 4 heterocycles. The molecule has 0 bridgehead atoms. The van der Waals surface area contributed by atoms with Gasteiger partial charge in [-0.2, -0.15) is 10.2 Å². The molecule has 4 N–H and O–H groups in total. The Morgan fingerprint density at radius 2 is 1.92 bits per heavy atom. The van der Waals surface area contributed by atoms with Crippen LogP contribution in [0.15, 0.2) is 48.9 Å².